The Hall–Kier alpha value is -0.970. The van der Waals surface area contributed by atoms with Gasteiger partial charge in [0.25, 0.3) is 0 Å². The molecule has 5 heteroatoms. The lowest BCUT2D eigenvalue weighted by Crippen LogP contribution is -2.25. The van der Waals surface area contributed by atoms with Gasteiger partial charge in [-0.25, -0.2) is 0 Å². The van der Waals surface area contributed by atoms with Crippen molar-refractivity contribution < 1.29 is 14.9 Å². The summed E-state index contributed by atoms with van der Waals surface area (Å²) in [6.45, 7) is -0.0443. The summed E-state index contributed by atoms with van der Waals surface area (Å²) >= 11 is 5.87. The maximum Gasteiger partial charge on any atom is 0.142 e. The van der Waals surface area contributed by atoms with Crippen LogP contribution in [0, 0.1) is 0 Å². The molecule has 3 N–H and O–H groups in total. The molecule has 0 spiro atoms. The molecule has 0 heterocycles. The molecule has 1 atom stereocenters. The molecule has 0 aromatic heterocycles. The molecule has 16 heavy (non-hydrogen) atoms. The molecule has 90 valence electrons. The number of benzene rings is 1. The molecule has 0 aliphatic carbocycles. The first-order valence-electron chi connectivity index (χ1n) is 5.03. The number of hydrogen-bond acceptors (Lipinski definition) is 4. The topological polar surface area (TPSA) is 61.7 Å². The number of nitrogens with one attached hydrogen (secondary N) is 1. The molecule has 0 amide bonds. The zero-order valence-electron chi connectivity index (χ0n) is 9.11. The highest BCUT2D eigenvalue weighted by molar-refractivity contribution is 6.30. The van der Waals surface area contributed by atoms with Crippen molar-refractivity contribution in [3.8, 4) is 5.75 Å². The van der Waals surface area contributed by atoms with Crippen LogP contribution in [-0.4, -0.2) is 36.6 Å². The Morgan fingerprint density at radius 1 is 1.44 bits per heavy atom. The van der Waals surface area contributed by atoms with Gasteiger partial charge in [0.1, 0.15) is 5.75 Å². The van der Waals surface area contributed by atoms with E-state index in [-0.39, 0.29) is 19.3 Å². The molecule has 0 saturated carbocycles. The number of aliphatic hydroxyl groups is 2. The van der Waals surface area contributed by atoms with Crippen LogP contribution in [0.25, 0.3) is 0 Å². The van der Waals surface area contributed by atoms with Crippen molar-refractivity contribution in [2.24, 2.45) is 0 Å². The van der Waals surface area contributed by atoms with Crippen molar-refractivity contribution in [1.29, 1.82) is 0 Å². The molecule has 0 radical (unpaired) electrons. The summed E-state index contributed by atoms with van der Waals surface area (Å²) in [6, 6.07) is 4.99. The summed E-state index contributed by atoms with van der Waals surface area (Å²) in [5.74, 6) is 0.654. The van der Waals surface area contributed by atoms with Crippen LogP contribution >= 0.6 is 11.6 Å². The lowest BCUT2D eigenvalue weighted by molar-refractivity contribution is 0.228. The Labute approximate surface area is 99.8 Å². The highest BCUT2D eigenvalue weighted by Gasteiger charge is 2.10. The fourth-order valence-electron chi connectivity index (χ4n) is 1.38. The highest BCUT2D eigenvalue weighted by Crippen LogP contribution is 2.28. The Morgan fingerprint density at radius 2 is 2.19 bits per heavy atom. The average Bonchev–Trinajstić information content (AvgIpc) is 2.29. The van der Waals surface area contributed by atoms with Gasteiger partial charge in [0.2, 0.25) is 0 Å². The van der Waals surface area contributed by atoms with E-state index in [9.17, 15) is 0 Å². The third-order valence-corrected chi connectivity index (χ3v) is 2.45. The second kappa shape index (κ2) is 6.58. The maximum absolute atomic E-state index is 9.10. The van der Waals surface area contributed by atoms with Crippen LogP contribution in [0.5, 0.6) is 5.75 Å². The van der Waals surface area contributed by atoms with E-state index in [0.717, 1.165) is 0 Å². The zero-order chi connectivity index (χ0) is 12.0. The molecular weight excluding hydrogens is 230 g/mol. The molecule has 0 fully saturated rings. The van der Waals surface area contributed by atoms with Gasteiger partial charge in [-0.3, -0.25) is 0 Å². The minimum Gasteiger partial charge on any atom is -0.495 e. The van der Waals surface area contributed by atoms with Crippen molar-refractivity contribution in [3.05, 3.63) is 23.2 Å². The zero-order valence-corrected chi connectivity index (χ0v) is 9.87. The monoisotopic (exact) mass is 245 g/mol. The van der Waals surface area contributed by atoms with E-state index in [0.29, 0.717) is 22.9 Å². The molecule has 4 nitrogen and oxygen atoms in total. The fraction of sp³-hybridized carbons (Fsp3) is 0.455. The minimum absolute atomic E-state index is 0.0150. The molecule has 0 aliphatic rings. The third-order valence-electron chi connectivity index (χ3n) is 2.22. The number of methoxy groups -OCH3 is 1. The van der Waals surface area contributed by atoms with Crippen LogP contribution in [-0.2, 0) is 0 Å². The average molecular weight is 246 g/mol. The quantitative estimate of drug-likeness (QED) is 0.711. The second-order valence-corrected chi connectivity index (χ2v) is 3.82. The van der Waals surface area contributed by atoms with Crippen molar-refractivity contribution in [2.45, 2.75) is 12.5 Å². The van der Waals surface area contributed by atoms with Crippen molar-refractivity contribution >= 4 is 17.3 Å². The Morgan fingerprint density at radius 3 is 2.75 bits per heavy atom. The van der Waals surface area contributed by atoms with Gasteiger partial charge in [-0.2, -0.15) is 0 Å². The first-order chi connectivity index (χ1) is 7.71. The Kier molecular flexibility index (Phi) is 5.38. The molecule has 0 aliphatic heterocycles. The Bertz CT molecular complexity index is 333. The van der Waals surface area contributed by atoms with Gasteiger partial charge in [-0.05, 0) is 24.6 Å². The van der Waals surface area contributed by atoms with Crippen molar-refractivity contribution in [1.82, 2.24) is 0 Å². The largest absolute Gasteiger partial charge is 0.495 e. The summed E-state index contributed by atoms with van der Waals surface area (Å²) in [6.07, 6.45) is 0.464. The number of anilines is 1. The summed E-state index contributed by atoms with van der Waals surface area (Å²) in [7, 11) is 1.56. The number of hydrogen-bond donors (Lipinski definition) is 3. The first-order valence-corrected chi connectivity index (χ1v) is 5.40. The molecule has 0 saturated heterocycles. The van der Waals surface area contributed by atoms with Crippen LogP contribution in [0.1, 0.15) is 6.42 Å². The highest BCUT2D eigenvalue weighted by atomic mass is 35.5. The number of rotatable bonds is 6. The van der Waals surface area contributed by atoms with Crippen molar-refractivity contribution in [2.75, 3.05) is 25.6 Å². The number of aliphatic hydroxyl groups excluding tert-OH is 2. The van der Waals surface area contributed by atoms with E-state index in [2.05, 4.69) is 5.32 Å². The van der Waals surface area contributed by atoms with E-state index in [4.69, 9.17) is 26.6 Å². The summed E-state index contributed by atoms with van der Waals surface area (Å²) in [5, 5.41) is 21.6. The van der Waals surface area contributed by atoms with E-state index < -0.39 is 0 Å². The second-order valence-electron chi connectivity index (χ2n) is 3.38. The van der Waals surface area contributed by atoms with E-state index in [1.165, 1.54) is 0 Å². The van der Waals surface area contributed by atoms with Gasteiger partial charge in [-0.15, -0.1) is 0 Å². The number of ether oxygens (including phenoxy) is 1. The summed E-state index contributed by atoms with van der Waals surface area (Å²) in [5.41, 5.74) is 0.711. The molecule has 0 bridgehead atoms. The third kappa shape index (κ3) is 3.56. The fourth-order valence-corrected chi connectivity index (χ4v) is 1.55. The SMILES string of the molecule is COc1ccc(Cl)cc1NC(CO)CCO. The maximum atomic E-state index is 9.10. The Balaban J connectivity index is 2.80. The molecular formula is C11H16ClNO3. The number of halogens is 1. The smallest absolute Gasteiger partial charge is 0.142 e. The first kappa shape index (κ1) is 13.1. The van der Waals surface area contributed by atoms with Gasteiger partial charge in [-0.1, -0.05) is 11.6 Å². The minimum atomic E-state index is -0.211. The summed E-state index contributed by atoms with van der Waals surface area (Å²) < 4.78 is 5.16. The van der Waals surface area contributed by atoms with E-state index in [1.807, 2.05) is 0 Å². The normalized spacial score (nSPS) is 12.2. The predicted octanol–water partition coefficient (Wildman–Crippen LogP) is 1.50. The lowest BCUT2D eigenvalue weighted by Gasteiger charge is -2.18. The summed E-state index contributed by atoms with van der Waals surface area (Å²) in [4.78, 5) is 0. The van der Waals surface area contributed by atoms with Crippen LogP contribution in [0.3, 0.4) is 0 Å². The standard InChI is InChI=1S/C11H16ClNO3/c1-16-11-3-2-8(12)6-10(11)13-9(7-15)4-5-14/h2-3,6,9,13-15H,4-5,7H2,1H3. The van der Waals surface area contributed by atoms with Gasteiger partial charge in [0.15, 0.2) is 0 Å². The molecule has 1 unspecified atom stereocenters. The van der Waals surface area contributed by atoms with Gasteiger partial charge in [0, 0.05) is 11.6 Å². The van der Waals surface area contributed by atoms with Crippen LogP contribution in [0.15, 0.2) is 18.2 Å². The van der Waals surface area contributed by atoms with Crippen LogP contribution in [0.4, 0.5) is 5.69 Å². The van der Waals surface area contributed by atoms with Crippen LogP contribution < -0.4 is 10.1 Å². The van der Waals surface area contributed by atoms with Gasteiger partial charge in [0.05, 0.1) is 25.4 Å². The lowest BCUT2D eigenvalue weighted by atomic mass is 10.2. The molecule has 1 aromatic rings. The van der Waals surface area contributed by atoms with Crippen LogP contribution in [0.2, 0.25) is 5.02 Å². The van der Waals surface area contributed by atoms with E-state index in [1.54, 1.807) is 25.3 Å². The van der Waals surface area contributed by atoms with Crippen molar-refractivity contribution in [3.63, 3.8) is 0 Å². The van der Waals surface area contributed by atoms with E-state index >= 15 is 0 Å². The molecule has 1 rings (SSSR count). The predicted molar refractivity (Wildman–Crippen MR) is 64.2 cm³/mol. The van der Waals surface area contributed by atoms with Gasteiger partial charge < -0.3 is 20.3 Å². The molecule has 1 aromatic carbocycles. The van der Waals surface area contributed by atoms with Gasteiger partial charge >= 0.3 is 0 Å².